The van der Waals surface area contributed by atoms with Gasteiger partial charge in [0.15, 0.2) is 0 Å². The topological polar surface area (TPSA) is 51.0 Å². The van der Waals surface area contributed by atoms with Gasteiger partial charge in [0.1, 0.15) is 0 Å². The zero-order valence-corrected chi connectivity index (χ0v) is 13.6. The van der Waals surface area contributed by atoms with Gasteiger partial charge in [-0.3, -0.25) is 14.5 Å². The second-order valence-corrected chi connectivity index (χ2v) is 6.34. The van der Waals surface area contributed by atoms with Crippen molar-refractivity contribution in [2.24, 2.45) is 0 Å². The number of amides is 1. The molecule has 1 fully saturated rings. The highest BCUT2D eigenvalue weighted by Gasteiger charge is 2.25. The molecule has 0 bridgehead atoms. The Morgan fingerprint density at radius 1 is 1.33 bits per heavy atom. The second-order valence-electron chi connectivity index (χ2n) is 5.02. The van der Waals surface area contributed by atoms with E-state index in [1.54, 1.807) is 18.5 Å². The Bertz CT molecular complexity index is 652. The average Bonchev–Trinajstić information content (AvgIpc) is 2.94. The molecule has 0 unspecified atom stereocenters. The lowest BCUT2D eigenvalue weighted by Gasteiger charge is -2.32. The molecule has 0 atom stereocenters. The normalized spacial score (nSPS) is 16.2. The Hall–Kier alpha value is -1.40. The van der Waals surface area contributed by atoms with Gasteiger partial charge in [0.25, 0.3) is 5.91 Å². The monoisotopic (exact) mass is 368 g/mol. The number of likely N-dealkylation sites (tertiary alicyclic amines) is 1. The van der Waals surface area contributed by atoms with Crippen LogP contribution >= 0.6 is 27.5 Å². The predicted molar refractivity (Wildman–Crippen MR) is 83.3 cm³/mol. The molecule has 7 heteroatoms. The zero-order chi connectivity index (χ0) is 14.8. The minimum Gasteiger partial charge on any atom is -0.338 e. The number of piperidine rings is 1. The summed E-state index contributed by atoms with van der Waals surface area (Å²) in [5, 5.41) is 4.72. The van der Waals surface area contributed by atoms with Crippen LogP contribution in [0.1, 0.15) is 29.2 Å². The fraction of sp³-hybridized carbons (Fsp3) is 0.357. The van der Waals surface area contributed by atoms with Gasteiger partial charge in [-0.1, -0.05) is 11.6 Å². The van der Waals surface area contributed by atoms with Crippen LogP contribution in [0.4, 0.5) is 0 Å². The first-order valence-corrected chi connectivity index (χ1v) is 7.90. The lowest BCUT2D eigenvalue weighted by Crippen LogP contribution is -2.39. The van der Waals surface area contributed by atoms with Crippen molar-refractivity contribution in [2.75, 3.05) is 13.1 Å². The summed E-state index contributed by atoms with van der Waals surface area (Å²) in [6, 6.07) is 2.01. The maximum atomic E-state index is 12.5. The molecule has 0 N–H and O–H groups in total. The predicted octanol–water partition coefficient (Wildman–Crippen LogP) is 3.17. The number of aromatic nitrogens is 3. The molecule has 0 aromatic carbocycles. The fourth-order valence-corrected chi connectivity index (χ4v) is 3.07. The summed E-state index contributed by atoms with van der Waals surface area (Å²) in [6.45, 7) is 1.42. The standard InChI is InChI=1S/C14H14BrClN4O/c15-10-7-18-20(9-10)11-2-5-19(6-3-11)14(21)12-1-4-17-8-13(12)16/h1,4,7-9,11H,2-3,5-6H2. The summed E-state index contributed by atoms with van der Waals surface area (Å²) in [5.74, 6) is -0.0255. The molecule has 2 aromatic rings. The maximum Gasteiger partial charge on any atom is 0.255 e. The van der Waals surface area contributed by atoms with Gasteiger partial charge in [0.05, 0.1) is 27.3 Å². The van der Waals surface area contributed by atoms with E-state index < -0.39 is 0 Å². The Morgan fingerprint density at radius 2 is 2.10 bits per heavy atom. The Kier molecular flexibility index (Phi) is 4.26. The van der Waals surface area contributed by atoms with Crippen LogP contribution in [0.3, 0.4) is 0 Å². The van der Waals surface area contributed by atoms with Crippen molar-refractivity contribution in [1.29, 1.82) is 0 Å². The quantitative estimate of drug-likeness (QED) is 0.817. The minimum atomic E-state index is -0.0255. The number of nitrogens with zero attached hydrogens (tertiary/aromatic N) is 4. The number of hydrogen-bond acceptors (Lipinski definition) is 3. The van der Waals surface area contributed by atoms with Crippen molar-refractivity contribution in [2.45, 2.75) is 18.9 Å². The van der Waals surface area contributed by atoms with Gasteiger partial charge >= 0.3 is 0 Å². The maximum absolute atomic E-state index is 12.5. The molecule has 1 aliphatic heterocycles. The van der Waals surface area contributed by atoms with Crippen molar-refractivity contribution in [3.05, 3.63) is 45.9 Å². The van der Waals surface area contributed by atoms with E-state index in [4.69, 9.17) is 11.6 Å². The molecule has 1 amide bonds. The highest BCUT2D eigenvalue weighted by atomic mass is 79.9. The zero-order valence-electron chi connectivity index (χ0n) is 11.2. The Labute approximate surface area is 136 Å². The van der Waals surface area contributed by atoms with Gasteiger partial charge in [-0.25, -0.2) is 0 Å². The molecule has 0 saturated carbocycles. The molecule has 2 aromatic heterocycles. The molecule has 3 rings (SSSR count). The van der Waals surface area contributed by atoms with E-state index in [2.05, 4.69) is 26.0 Å². The number of carbonyl (C=O) groups excluding carboxylic acids is 1. The molecule has 3 heterocycles. The molecular weight excluding hydrogens is 356 g/mol. The summed E-state index contributed by atoms with van der Waals surface area (Å²) >= 11 is 9.44. The van der Waals surface area contributed by atoms with Crippen molar-refractivity contribution in [3.8, 4) is 0 Å². The third-order valence-corrected chi connectivity index (χ3v) is 4.41. The highest BCUT2D eigenvalue weighted by Crippen LogP contribution is 2.25. The fourth-order valence-electron chi connectivity index (χ4n) is 2.57. The Balaban J connectivity index is 1.66. The largest absolute Gasteiger partial charge is 0.338 e. The third-order valence-electron chi connectivity index (χ3n) is 3.70. The molecule has 5 nitrogen and oxygen atoms in total. The van der Waals surface area contributed by atoms with Gasteiger partial charge in [0.2, 0.25) is 0 Å². The van der Waals surface area contributed by atoms with Crippen LogP contribution in [-0.2, 0) is 0 Å². The van der Waals surface area contributed by atoms with Crippen LogP contribution in [0.2, 0.25) is 5.02 Å². The number of pyridine rings is 1. The lowest BCUT2D eigenvalue weighted by atomic mass is 10.0. The highest BCUT2D eigenvalue weighted by molar-refractivity contribution is 9.10. The summed E-state index contributed by atoms with van der Waals surface area (Å²) in [5.41, 5.74) is 0.520. The molecule has 0 radical (unpaired) electrons. The van der Waals surface area contributed by atoms with Crippen LogP contribution < -0.4 is 0 Å². The van der Waals surface area contributed by atoms with Crippen LogP contribution in [0.15, 0.2) is 35.3 Å². The van der Waals surface area contributed by atoms with E-state index in [0.29, 0.717) is 29.7 Å². The van der Waals surface area contributed by atoms with E-state index in [1.807, 2.05) is 15.8 Å². The summed E-state index contributed by atoms with van der Waals surface area (Å²) in [7, 11) is 0. The van der Waals surface area contributed by atoms with Crippen molar-refractivity contribution in [3.63, 3.8) is 0 Å². The molecule has 0 spiro atoms. The van der Waals surface area contributed by atoms with Crippen molar-refractivity contribution < 1.29 is 4.79 Å². The van der Waals surface area contributed by atoms with E-state index in [9.17, 15) is 4.79 Å². The van der Waals surface area contributed by atoms with E-state index in [0.717, 1.165) is 17.3 Å². The van der Waals surface area contributed by atoms with Gasteiger partial charge in [-0.2, -0.15) is 5.10 Å². The molecule has 110 valence electrons. The second kappa shape index (κ2) is 6.15. The number of hydrogen-bond donors (Lipinski definition) is 0. The van der Waals surface area contributed by atoms with Crippen molar-refractivity contribution >= 4 is 33.4 Å². The van der Waals surface area contributed by atoms with E-state index in [1.165, 1.54) is 6.20 Å². The van der Waals surface area contributed by atoms with Crippen LogP contribution in [0.25, 0.3) is 0 Å². The first-order valence-electron chi connectivity index (χ1n) is 6.73. The number of halogens is 2. The SMILES string of the molecule is O=C(c1ccncc1Cl)N1CCC(n2cc(Br)cn2)CC1. The summed E-state index contributed by atoms with van der Waals surface area (Å²) in [4.78, 5) is 18.2. The van der Waals surface area contributed by atoms with Gasteiger partial charge in [-0.15, -0.1) is 0 Å². The molecule has 21 heavy (non-hydrogen) atoms. The lowest BCUT2D eigenvalue weighted by molar-refractivity contribution is 0.0690. The summed E-state index contributed by atoms with van der Waals surface area (Å²) in [6.07, 6.45) is 8.64. The van der Waals surface area contributed by atoms with Gasteiger partial charge in [0, 0.05) is 31.7 Å². The molecule has 1 aliphatic rings. The number of rotatable bonds is 2. The first kappa shape index (κ1) is 14.5. The van der Waals surface area contributed by atoms with Gasteiger partial charge in [-0.05, 0) is 34.8 Å². The molecule has 0 aliphatic carbocycles. The smallest absolute Gasteiger partial charge is 0.255 e. The minimum absolute atomic E-state index is 0.0255. The van der Waals surface area contributed by atoms with Crippen molar-refractivity contribution in [1.82, 2.24) is 19.7 Å². The first-order chi connectivity index (χ1) is 10.1. The molecular formula is C14H14BrClN4O. The average molecular weight is 370 g/mol. The van der Waals surface area contributed by atoms with Gasteiger partial charge < -0.3 is 4.90 Å². The third kappa shape index (κ3) is 3.11. The Morgan fingerprint density at radius 3 is 2.71 bits per heavy atom. The van der Waals surface area contributed by atoms with E-state index >= 15 is 0 Å². The summed E-state index contributed by atoms with van der Waals surface area (Å²) < 4.78 is 2.94. The van der Waals surface area contributed by atoms with E-state index in [-0.39, 0.29) is 5.91 Å². The van der Waals surface area contributed by atoms with Crippen LogP contribution in [-0.4, -0.2) is 38.7 Å². The molecule has 1 saturated heterocycles. The van der Waals surface area contributed by atoms with Crippen LogP contribution in [0, 0.1) is 0 Å². The number of carbonyl (C=O) groups is 1. The van der Waals surface area contributed by atoms with Crippen LogP contribution in [0.5, 0.6) is 0 Å².